The maximum Gasteiger partial charge on any atom is 0.227 e. The van der Waals surface area contributed by atoms with Gasteiger partial charge in [-0.3, -0.25) is 9.59 Å². The van der Waals surface area contributed by atoms with Crippen molar-refractivity contribution in [2.75, 3.05) is 11.4 Å². The van der Waals surface area contributed by atoms with E-state index in [4.69, 9.17) is 0 Å². The van der Waals surface area contributed by atoms with E-state index in [0.717, 1.165) is 21.3 Å². The highest BCUT2D eigenvalue weighted by atomic mass is 79.9. The number of hydrogen-bond donors (Lipinski definition) is 1. The summed E-state index contributed by atoms with van der Waals surface area (Å²) in [6.07, 6.45) is 0.260. The van der Waals surface area contributed by atoms with Crippen LogP contribution in [0.3, 0.4) is 0 Å². The van der Waals surface area contributed by atoms with E-state index < -0.39 is 0 Å². The summed E-state index contributed by atoms with van der Waals surface area (Å²) in [7, 11) is 0. The first-order chi connectivity index (χ1) is 11.5. The summed E-state index contributed by atoms with van der Waals surface area (Å²) in [5.41, 5.74) is 2.94. The van der Waals surface area contributed by atoms with E-state index in [2.05, 4.69) is 21.2 Å². The van der Waals surface area contributed by atoms with Crippen molar-refractivity contribution in [2.45, 2.75) is 19.9 Å². The summed E-state index contributed by atoms with van der Waals surface area (Å²) in [6.45, 7) is 2.89. The van der Waals surface area contributed by atoms with Crippen LogP contribution in [0.5, 0.6) is 0 Å². The molecule has 0 saturated carbocycles. The molecule has 2 aromatic carbocycles. The molecule has 0 bridgehead atoms. The summed E-state index contributed by atoms with van der Waals surface area (Å²) >= 11 is 3.43. The molecule has 124 valence electrons. The van der Waals surface area contributed by atoms with E-state index in [0.29, 0.717) is 13.1 Å². The molecule has 3 rings (SSSR count). The predicted molar refractivity (Wildman–Crippen MR) is 97.6 cm³/mol. The van der Waals surface area contributed by atoms with Crippen LogP contribution in [0.15, 0.2) is 53.0 Å². The van der Waals surface area contributed by atoms with Crippen molar-refractivity contribution in [3.63, 3.8) is 0 Å². The molecule has 1 aliphatic heterocycles. The lowest BCUT2D eigenvalue weighted by Crippen LogP contribution is -2.32. The zero-order chi connectivity index (χ0) is 17.1. The van der Waals surface area contributed by atoms with Gasteiger partial charge in [0.15, 0.2) is 0 Å². The highest BCUT2D eigenvalue weighted by molar-refractivity contribution is 9.10. The molecule has 0 radical (unpaired) electrons. The van der Waals surface area contributed by atoms with Gasteiger partial charge in [-0.1, -0.05) is 46.3 Å². The van der Waals surface area contributed by atoms with Crippen molar-refractivity contribution in [3.05, 3.63) is 64.1 Å². The van der Waals surface area contributed by atoms with E-state index in [9.17, 15) is 9.59 Å². The molecule has 1 unspecified atom stereocenters. The van der Waals surface area contributed by atoms with Crippen molar-refractivity contribution < 1.29 is 9.59 Å². The van der Waals surface area contributed by atoms with Gasteiger partial charge in [0.2, 0.25) is 11.8 Å². The number of nitrogens with zero attached hydrogens (tertiary/aromatic N) is 1. The molecule has 5 heteroatoms. The number of nitrogens with one attached hydrogen (secondary N) is 1. The molecule has 1 fully saturated rings. The van der Waals surface area contributed by atoms with Gasteiger partial charge in [0, 0.05) is 29.7 Å². The molecule has 4 nitrogen and oxygen atoms in total. The molecule has 0 spiro atoms. The predicted octanol–water partition coefficient (Wildman–Crippen LogP) is 3.43. The van der Waals surface area contributed by atoms with Crippen molar-refractivity contribution in [3.8, 4) is 0 Å². The third-order valence-corrected chi connectivity index (χ3v) is 4.75. The zero-order valence-electron chi connectivity index (χ0n) is 13.5. The molecule has 0 aliphatic carbocycles. The molecule has 1 aliphatic rings. The molecule has 2 amide bonds. The van der Waals surface area contributed by atoms with Crippen LogP contribution < -0.4 is 10.2 Å². The molecule has 1 heterocycles. The summed E-state index contributed by atoms with van der Waals surface area (Å²) in [5, 5.41) is 2.93. The second-order valence-corrected chi connectivity index (χ2v) is 6.96. The first kappa shape index (κ1) is 16.7. The van der Waals surface area contributed by atoms with Crippen molar-refractivity contribution in [1.82, 2.24) is 5.32 Å². The monoisotopic (exact) mass is 386 g/mol. The van der Waals surface area contributed by atoms with E-state index >= 15 is 0 Å². The Labute approximate surface area is 150 Å². The Morgan fingerprint density at radius 1 is 1.25 bits per heavy atom. The Bertz CT molecular complexity index is 761. The molecule has 1 atom stereocenters. The molecule has 1 N–H and O–H groups in total. The Morgan fingerprint density at radius 2 is 2.00 bits per heavy atom. The maximum absolute atomic E-state index is 12.4. The fourth-order valence-electron chi connectivity index (χ4n) is 2.97. The average Bonchev–Trinajstić information content (AvgIpc) is 2.95. The minimum atomic E-state index is -0.302. The van der Waals surface area contributed by atoms with Gasteiger partial charge >= 0.3 is 0 Å². The van der Waals surface area contributed by atoms with Crippen LogP contribution >= 0.6 is 15.9 Å². The molecule has 24 heavy (non-hydrogen) atoms. The summed E-state index contributed by atoms with van der Waals surface area (Å²) in [5.74, 6) is -0.367. The van der Waals surface area contributed by atoms with Gasteiger partial charge in [-0.25, -0.2) is 0 Å². The van der Waals surface area contributed by atoms with Gasteiger partial charge in [-0.15, -0.1) is 0 Å². The number of carbonyl (C=O) groups excluding carboxylic acids is 2. The van der Waals surface area contributed by atoms with Crippen molar-refractivity contribution in [2.24, 2.45) is 5.92 Å². The summed E-state index contributed by atoms with van der Waals surface area (Å²) in [4.78, 5) is 26.4. The average molecular weight is 387 g/mol. The molecule has 1 saturated heterocycles. The number of anilines is 1. The first-order valence-corrected chi connectivity index (χ1v) is 8.72. The van der Waals surface area contributed by atoms with Crippen LogP contribution in [0.4, 0.5) is 5.69 Å². The lowest BCUT2D eigenvalue weighted by Gasteiger charge is -2.19. The third-order valence-electron chi connectivity index (χ3n) is 4.26. The number of halogens is 1. The maximum atomic E-state index is 12.4. The second kappa shape index (κ2) is 7.18. The number of amides is 2. The van der Waals surface area contributed by atoms with Crippen molar-refractivity contribution in [1.29, 1.82) is 0 Å². The van der Waals surface area contributed by atoms with E-state index in [1.807, 2.05) is 55.5 Å². The van der Waals surface area contributed by atoms with Gasteiger partial charge < -0.3 is 10.2 Å². The number of carbonyl (C=O) groups is 2. The first-order valence-electron chi connectivity index (χ1n) is 7.93. The number of hydrogen-bond acceptors (Lipinski definition) is 2. The molecular formula is C19H19BrN2O2. The highest BCUT2D eigenvalue weighted by Gasteiger charge is 2.35. The number of rotatable bonds is 4. The van der Waals surface area contributed by atoms with E-state index in [-0.39, 0.29) is 24.2 Å². The van der Waals surface area contributed by atoms with Gasteiger partial charge in [0.25, 0.3) is 0 Å². The fraction of sp³-hybridized carbons (Fsp3) is 0.263. The van der Waals surface area contributed by atoms with Crippen LogP contribution in [0, 0.1) is 12.8 Å². The van der Waals surface area contributed by atoms with Gasteiger partial charge in [0.05, 0.1) is 5.92 Å². The summed E-state index contributed by atoms with van der Waals surface area (Å²) in [6, 6.07) is 15.6. The molecular weight excluding hydrogens is 368 g/mol. The topological polar surface area (TPSA) is 49.4 Å². The largest absolute Gasteiger partial charge is 0.352 e. The molecule has 0 aromatic heterocycles. The van der Waals surface area contributed by atoms with Crippen LogP contribution in [0.2, 0.25) is 0 Å². The van der Waals surface area contributed by atoms with E-state index in [1.54, 1.807) is 4.90 Å². The van der Waals surface area contributed by atoms with Crippen LogP contribution in [0.1, 0.15) is 17.5 Å². The molecule has 2 aromatic rings. The number of aryl methyl sites for hydroxylation is 1. The minimum absolute atomic E-state index is 0.000263. The minimum Gasteiger partial charge on any atom is -0.352 e. The van der Waals surface area contributed by atoms with Crippen LogP contribution in [0.25, 0.3) is 0 Å². The second-order valence-electron chi connectivity index (χ2n) is 6.04. The van der Waals surface area contributed by atoms with Gasteiger partial charge in [-0.05, 0) is 36.2 Å². The fourth-order valence-corrected chi connectivity index (χ4v) is 3.44. The smallest absolute Gasteiger partial charge is 0.227 e. The van der Waals surface area contributed by atoms with Crippen LogP contribution in [-0.4, -0.2) is 18.4 Å². The number of benzene rings is 2. The Balaban J connectivity index is 1.64. The lowest BCUT2D eigenvalue weighted by atomic mass is 10.1. The van der Waals surface area contributed by atoms with Crippen LogP contribution in [-0.2, 0) is 16.1 Å². The normalized spacial score (nSPS) is 17.2. The SMILES string of the molecule is Cc1cc(Br)ccc1N1CC(C(=O)NCc2ccccc2)CC1=O. The van der Waals surface area contributed by atoms with Crippen molar-refractivity contribution >= 4 is 33.4 Å². The highest BCUT2D eigenvalue weighted by Crippen LogP contribution is 2.29. The quantitative estimate of drug-likeness (QED) is 0.874. The van der Waals surface area contributed by atoms with Gasteiger partial charge in [0.1, 0.15) is 0 Å². The van der Waals surface area contributed by atoms with Gasteiger partial charge in [-0.2, -0.15) is 0 Å². The standard InChI is InChI=1S/C19H19BrN2O2/c1-13-9-16(20)7-8-17(13)22-12-15(10-18(22)23)19(24)21-11-14-5-3-2-4-6-14/h2-9,15H,10-12H2,1H3,(H,21,24). The summed E-state index contributed by atoms with van der Waals surface area (Å²) < 4.78 is 0.979. The Kier molecular flexibility index (Phi) is 5.00. The Morgan fingerprint density at radius 3 is 2.71 bits per heavy atom. The zero-order valence-corrected chi connectivity index (χ0v) is 15.0. The van der Waals surface area contributed by atoms with E-state index in [1.165, 1.54) is 0 Å². The third kappa shape index (κ3) is 3.67. The lowest BCUT2D eigenvalue weighted by molar-refractivity contribution is -0.126. The Hall–Kier alpha value is -2.14.